The lowest BCUT2D eigenvalue weighted by atomic mass is 9.82. The van der Waals surface area contributed by atoms with Gasteiger partial charge < -0.3 is 0 Å². The molecule has 4 heteroatoms. The molecule has 0 N–H and O–H groups in total. The SMILES string of the molecule is Cc1ccc(CN2CC(CC(=O)C#N)C[C@@H](c3ccc(Cl)cc3)C2)cc1. The van der Waals surface area contributed by atoms with Gasteiger partial charge in [0.1, 0.15) is 6.07 Å². The van der Waals surface area contributed by atoms with Gasteiger partial charge in [0.2, 0.25) is 5.78 Å². The van der Waals surface area contributed by atoms with E-state index >= 15 is 0 Å². The Balaban J connectivity index is 1.76. The van der Waals surface area contributed by atoms with E-state index in [1.807, 2.05) is 12.1 Å². The number of carbonyl (C=O) groups excluding carboxylic acids is 1. The molecule has 3 nitrogen and oxygen atoms in total. The summed E-state index contributed by atoms with van der Waals surface area (Å²) >= 11 is 6.02. The van der Waals surface area contributed by atoms with E-state index in [-0.39, 0.29) is 11.7 Å². The van der Waals surface area contributed by atoms with E-state index < -0.39 is 0 Å². The Kier molecular flexibility index (Phi) is 6.08. The summed E-state index contributed by atoms with van der Waals surface area (Å²) in [6.07, 6.45) is 1.27. The van der Waals surface area contributed by atoms with Crippen LogP contribution in [0.3, 0.4) is 0 Å². The summed E-state index contributed by atoms with van der Waals surface area (Å²) in [6.45, 7) is 4.75. The first kappa shape index (κ1) is 18.6. The van der Waals surface area contributed by atoms with Crippen molar-refractivity contribution in [3.05, 3.63) is 70.2 Å². The second-order valence-electron chi connectivity index (χ2n) is 7.27. The van der Waals surface area contributed by atoms with Crippen molar-refractivity contribution in [2.24, 2.45) is 5.92 Å². The minimum atomic E-state index is -0.318. The highest BCUT2D eigenvalue weighted by Crippen LogP contribution is 2.33. The molecule has 0 spiro atoms. The lowest BCUT2D eigenvalue weighted by Crippen LogP contribution is -2.39. The Labute approximate surface area is 160 Å². The Morgan fingerprint density at radius 1 is 1.15 bits per heavy atom. The van der Waals surface area contributed by atoms with E-state index in [9.17, 15) is 4.79 Å². The zero-order valence-electron chi connectivity index (χ0n) is 15.0. The summed E-state index contributed by atoms with van der Waals surface area (Å²) in [7, 11) is 0. The number of nitriles is 1. The fourth-order valence-corrected chi connectivity index (χ4v) is 3.94. The molecule has 1 heterocycles. The molecular formula is C22H23ClN2O. The van der Waals surface area contributed by atoms with Crippen molar-refractivity contribution in [3.63, 3.8) is 0 Å². The zero-order valence-corrected chi connectivity index (χ0v) is 15.7. The molecule has 1 aliphatic rings. The molecule has 2 atom stereocenters. The average molecular weight is 367 g/mol. The highest BCUT2D eigenvalue weighted by Gasteiger charge is 2.29. The molecule has 1 saturated heterocycles. The molecule has 26 heavy (non-hydrogen) atoms. The number of ketones is 1. The van der Waals surface area contributed by atoms with E-state index in [1.54, 1.807) is 6.07 Å². The highest BCUT2D eigenvalue weighted by molar-refractivity contribution is 6.30. The number of hydrogen-bond donors (Lipinski definition) is 0. The second-order valence-corrected chi connectivity index (χ2v) is 7.71. The molecule has 0 radical (unpaired) electrons. The van der Waals surface area contributed by atoms with E-state index in [0.29, 0.717) is 12.3 Å². The normalized spacial score (nSPS) is 20.5. The molecule has 0 aromatic heterocycles. The summed E-state index contributed by atoms with van der Waals surface area (Å²) in [5, 5.41) is 9.61. The third kappa shape index (κ3) is 4.94. The van der Waals surface area contributed by atoms with Crippen molar-refractivity contribution in [2.75, 3.05) is 13.1 Å². The van der Waals surface area contributed by atoms with Crippen LogP contribution < -0.4 is 0 Å². The number of piperidine rings is 1. The molecule has 0 bridgehead atoms. The quantitative estimate of drug-likeness (QED) is 0.718. The standard InChI is InChI=1S/C22H23ClN2O/c1-16-2-4-17(5-3-16)13-25-14-18(11-22(26)12-24)10-20(15-25)19-6-8-21(23)9-7-19/h2-9,18,20H,10-11,13-15H2,1H3/t18?,20-/m1/s1. The molecule has 1 aliphatic heterocycles. The minimum Gasteiger partial charge on any atom is -0.298 e. The van der Waals surface area contributed by atoms with Gasteiger partial charge in [0.15, 0.2) is 0 Å². The predicted octanol–water partition coefficient (Wildman–Crippen LogP) is 4.74. The van der Waals surface area contributed by atoms with E-state index in [4.69, 9.17) is 16.9 Å². The monoisotopic (exact) mass is 366 g/mol. The predicted molar refractivity (Wildman–Crippen MR) is 104 cm³/mol. The van der Waals surface area contributed by atoms with Crippen LogP contribution in [0.2, 0.25) is 5.02 Å². The lowest BCUT2D eigenvalue weighted by molar-refractivity contribution is -0.115. The molecule has 1 fully saturated rings. The third-order valence-electron chi connectivity index (χ3n) is 5.08. The third-order valence-corrected chi connectivity index (χ3v) is 5.33. The van der Waals surface area contributed by atoms with Gasteiger partial charge in [-0.05, 0) is 48.4 Å². The number of likely N-dealkylation sites (tertiary alicyclic amines) is 1. The van der Waals surface area contributed by atoms with Crippen LogP contribution in [0, 0.1) is 24.2 Å². The van der Waals surface area contributed by atoms with Crippen LogP contribution in [0.4, 0.5) is 0 Å². The van der Waals surface area contributed by atoms with Crippen molar-refractivity contribution in [1.29, 1.82) is 5.26 Å². The van der Waals surface area contributed by atoms with Gasteiger partial charge in [-0.15, -0.1) is 0 Å². The summed E-state index contributed by atoms with van der Waals surface area (Å²) in [5.74, 6) is 0.243. The maximum absolute atomic E-state index is 11.7. The first-order chi connectivity index (χ1) is 12.5. The molecule has 2 aromatic carbocycles. The van der Waals surface area contributed by atoms with Gasteiger partial charge in [0, 0.05) is 31.1 Å². The van der Waals surface area contributed by atoms with E-state index in [0.717, 1.165) is 31.1 Å². The highest BCUT2D eigenvalue weighted by atomic mass is 35.5. The molecular weight excluding hydrogens is 344 g/mol. The maximum atomic E-state index is 11.7. The summed E-state index contributed by atoms with van der Waals surface area (Å²) in [5.41, 5.74) is 3.78. The number of benzene rings is 2. The Morgan fingerprint density at radius 3 is 2.50 bits per heavy atom. The number of hydrogen-bond acceptors (Lipinski definition) is 3. The van der Waals surface area contributed by atoms with Crippen LogP contribution in [0.5, 0.6) is 0 Å². The molecule has 0 aliphatic carbocycles. The molecule has 0 amide bonds. The summed E-state index contributed by atoms with van der Waals surface area (Å²) in [4.78, 5) is 14.1. The molecule has 134 valence electrons. The lowest BCUT2D eigenvalue weighted by Gasteiger charge is -2.38. The van der Waals surface area contributed by atoms with Gasteiger partial charge in [0.05, 0.1) is 0 Å². The van der Waals surface area contributed by atoms with Crippen LogP contribution in [-0.4, -0.2) is 23.8 Å². The van der Waals surface area contributed by atoms with Crippen molar-refractivity contribution < 1.29 is 4.79 Å². The van der Waals surface area contributed by atoms with Crippen molar-refractivity contribution in [1.82, 2.24) is 4.90 Å². The average Bonchev–Trinajstić information content (AvgIpc) is 2.64. The van der Waals surface area contributed by atoms with Crippen LogP contribution in [-0.2, 0) is 11.3 Å². The number of Topliss-reactive ketones (excluding diaryl/α,β-unsaturated/α-hetero) is 1. The number of nitrogens with zero attached hydrogens (tertiary/aromatic N) is 2. The van der Waals surface area contributed by atoms with Crippen molar-refractivity contribution in [2.45, 2.75) is 32.2 Å². The van der Waals surface area contributed by atoms with Gasteiger partial charge in [-0.1, -0.05) is 53.6 Å². The first-order valence-corrected chi connectivity index (χ1v) is 9.37. The summed E-state index contributed by atoms with van der Waals surface area (Å²) in [6, 6.07) is 18.4. The first-order valence-electron chi connectivity index (χ1n) is 9.00. The molecule has 0 saturated carbocycles. The maximum Gasteiger partial charge on any atom is 0.232 e. The number of carbonyl (C=O) groups is 1. The molecule has 2 aromatic rings. The Hall–Kier alpha value is -2.15. The largest absolute Gasteiger partial charge is 0.298 e. The number of halogens is 1. The van der Waals surface area contributed by atoms with Gasteiger partial charge >= 0.3 is 0 Å². The summed E-state index contributed by atoms with van der Waals surface area (Å²) < 4.78 is 0. The minimum absolute atomic E-state index is 0.210. The van der Waals surface area contributed by atoms with Crippen LogP contribution in [0.25, 0.3) is 0 Å². The van der Waals surface area contributed by atoms with Crippen LogP contribution >= 0.6 is 11.6 Å². The molecule has 3 rings (SSSR count). The van der Waals surface area contributed by atoms with Crippen LogP contribution in [0.1, 0.15) is 35.4 Å². The van der Waals surface area contributed by atoms with Crippen molar-refractivity contribution in [3.8, 4) is 6.07 Å². The number of rotatable bonds is 5. The fraction of sp³-hybridized carbons (Fsp3) is 0.364. The van der Waals surface area contributed by atoms with Gasteiger partial charge in [0.25, 0.3) is 0 Å². The number of aryl methyl sites for hydroxylation is 1. The topological polar surface area (TPSA) is 44.1 Å². The van der Waals surface area contributed by atoms with E-state index in [1.165, 1.54) is 16.7 Å². The fourth-order valence-electron chi connectivity index (χ4n) is 3.82. The van der Waals surface area contributed by atoms with Crippen molar-refractivity contribution >= 4 is 17.4 Å². The van der Waals surface area contributed by atoms with Crippen LogP contribution in [0.15, 0.2) is 48.5 Å². The Morgan fingerprint density at radius 2 is 1.85 bits per heavy atom. The van der Waals surface area contributed by atoms with Gasteiger partial charge in [-0.25, -0.2) is 0 Å². The van der Waals surface area contributed by atoms with Gasteiger partial charge in [-0.2, -0.15) is 5.26 Å². The molecule has 1 unspecified atom stereocenters. The zero-order chi connectivity index (χ0) is 18.5. The van der Waals surface area contributed by atoms with E-state index in [2.05, 4.69) is 48.2 Å². The smallest absolute Gasteiger partial charge is 0.232 e. The van der Waals surface area contributed by atoms with Gasteiger partial charge in [-0.3, -0.25) is 9.69 Å². The Bertz CT molecular complexity index is 792. The second kappa shape index (κ2) is 8.49.